The van der Waals surface area contributed by atoms with Crippen LogP contribution >= 0.6 is 12.4 Å². The van der Waals surface area contributed by atoms with Gasteiger partial charge in [0.05, 0.1) is 7.11 Å². The molecule has 1 aromatic rings. The minimum absolute atomic E-state index is 0. The predicted molar refractivity (Wildman–Crippen MR) is 82.1 cm³/mol. The fraction of sp³-hybridized carbons (Fsp3) is 0.600. The zero-order valence-corrected chi connectivity index (χ0v) is 12.7. The van der Waals surface area contributed by atoms with Gasteiger partial charge in [0.25, 0.3) is 0 Å². The van der Waals surface area contributed by atoms with Crippen molar-refractivity contribution < 1.29 is 4.74 Å². The Kier molecular flexibility index (Phi) is 6.63. The minimum atomic E-state index is 0. The van der Waals surface area contributed by atoms with Gasteiger partial charge in [0.2, 0.25) is 0 Å². The van der Waals surface area contributed by atoms with Crippen LogP contribution < -0.4 is 10.5 Å². The van der Waals surface area contributed by atoms with E-state index >= 15 is 0 Å². The largest absolute Gasteiger partial charge is 0.497 e. The highest BCUT2D eigenvalue weighted by Crippen LogP contribution is 2.21. The molecule has 1 atom stereocenters. The number of nitrogens with two attached hydrogens (primary N) is 1. The van der Waals surface area contributed by atoms with Crippen LogP contribution in [0.4, 0.5) is 0 Å². The van der Waals surface area contributed by atoms with E-state index in [0.29, 0.717) is 6.04 Å². The average Bonchev–Trinajstić information content (AvgIpc) is 2.39. The molecular weight excluding hydrogens is 260 g/mol. The van der Waals surface area contributed by atoms with E-state index in [-0.39, 0.29) is 12.4 Å². The molecule has 3 nitrogen and oxygen atoms in total. The third kappa shape index (κ3) is 4.37. The summed E-state index contributed by atoms with van der Waals surface area (Å²) in [7, 11) is 1.72. The topological polar surface area (TPSA) is 38.5 Å². The summed E-state index contributed by atoms with van der Waals surface area (Å²) >= 11 is 0. The standard InChI is InChI=1S/C15H24N2O.ClH/c1-3-12-9-15(18-2)7-6-13(12)10-17-8-4-5-14(16)11-17;/h6-7,9,14H,3-5,8,10-11,16H2,1-2H3;1H/t14-;/m1./s1. The smallest absolute Gasteiger partial charge is 0.119 e. The van der Waals surface area contributed by atoms with Gasteiger partial charge in [-0.15, -0.1) is 12.4 Å². The molecule has 1 aliphatic heterocycles. The average molecular weight is 285 g/mol. The number of ether oxygens (including phenoxy) is 1. The predicted octanol–water partition coefficient (Wildman–Crippen LogP) is 2.60. The second-order valence-electron chi connectivity index (χ2n) is 5.13. The molecule has 0 unspecified atom stereocenters. The Labute approximate surface area is 122 Å². The van der Waals surface area contributed by atoms with Gasteiger partial charge in [0, 0.05) is 19.1 Å². The summed E-state index contributed by atoms with van der Waals surface area (Å²) in [6.07, 6.45) is 3.44. The minimum Gasteiger partial charge on any atom is -0.497 e. The van der Waals surface area contributed by atoms with E-state index in [4.69, 9.17) is 10.5 Å². The molecule has 1 heterocycles. The third-order valence-electron chi connectivity index (χ3n) is 3.73. The Morgan fingerprint density at radius 2 is 2.16 bits per heavy atom. The lowest BCUT2D eigenvalue weighted by Crippen LogP contribution is -2.42. The lowest BCUT2D eigenvalue weighted by molar-refractivity contribution is 0.201. The number of halogens is 1. The second-order valence-corrected chi connectivity index (χ2v) is 5.13. The number of benzene rings is 1. The summed E-state index contributed by atoms with van der Waals surface area (Å²) in [4.78, 5) is 2.47. The van der Waals surface area contributed by atoms with Gasteiger partial charge in [-0.1, -0.05) is 13.0 Å². The molecular formula is C15H25ClN2O. The number of nitrogens with zero attached hydrogens (tertiary/aromatic N) is 1. The monoisotopic (exact) mass is 284 g/mol. The number of hydrogen-bond donors (Lipinski definition) is 1. The van der Waals surface area contributed by atoms with Crippen LogP contribution in [0.15, 0.2) is 18.2 Å². The first-order valence-corrected chi connectivity index (χ1v) is 6.86. The molecule has 108 valence electrons. The van der Waals surface area contributed by atoms with E-state index in [1.54, 1.807) is 7.11 Å². The van der Waals surface area contributed by atoms with Crippen LogP contribution in [0.2, 0.25) is 0 Å². The molecule has 0 amide bonds. The van der Waals surface area contributed by atoms with Crippen molar-refractivity contribution in [2.45, 2.75) is 38.8 Å². The summed E-state index contributed by atoms with van der Waals surface area (Å²) in [5.41, 5.74) is 8.83. The molecule has 0 spiro atoms. The van der Waals surface area contributed by atoms with Crippen LogP contribution in [0.25, 0.3) is 0 Å². The molecule has 1 saturated heterocycles. The van der Waals surface area contributed by atoms with Gasteiger partial charge in [0.15, 0.2) is 0 Å². The van der Waals surface area contributed by atoms with Gasteiger partial charge < -0.3 is 10.5 Å². The molecule has 0 saturated carbocycles. The molecule has 2 rings (SSSR count). The first kappa shape index (κ1) is 16.3. The Bertz CT molecular complexity index is 398. The van der Waals surface area contributed by atoms with Crippen molar-refractivity contribution >= 4 is 12.4 Å². The maximum Gasteiger partial charge on any atom is 0.119 e. The van der Waals surface area contributed by atoms with Crippen molar-refractivity contribution in [2.24, 2.45) is 5.73 Å². The Balaban J connectivity index is 0.00000180. The number of aryl methyl sites for hydroxylation is 1. The van der Waals surface area contributed by atoms with Crippen molar-refractivity contribution in [3.05, 3.63) is 29.3 Å². The molecule has 0 bridgehead atoms. The summed E-state index contributed by atoms with van der Waals surface area (Å²) in [5, 5.41) is 0. The van der Waals surface area contributed by atoms with E-state index < -0.39 is 0 Å². The van der Waals surface area contributed by atoms with Crippen molar-refractivity contribution in [2.75, 3.05) is 20.2 Å². The second kappa shape index (κ2) is 7.73. The quantitative estimate of drug-likeness (QED) is 0.924. The van der Waals surface area contributed by atoms with E-state index in [1.165, 1.54) is 30.5 Å². The zero-order chi connectivity index (χ0) is 13.0. The van der Waals surface area contributed by atoms with Crippen LogP contribution in [0.1, 0.15) is 30.9 Å². The Morgan fingerprint density at radius 1 is 1.37 bits per heavy atom. The van der Waals surface area contributed by atoms with Crippen LogP contribution in [0.3, 0.4) is 0 Å². The normalized spacial score (nSPS) is 19.8. The van der Waals surface area contributed by atoms with Crippen molar-refractivity contribution in [1.29, 1.82) is 0 Å². The number of piperidine rings is 1. The van der Waals surface area contributed by atoms with E-state index in [0.717, 1.165) is 25.3 Å². The van der Waals surface area contributed by atoms with Crippen molar-refractivity contribution in [3.8, 4) is 5.75 Å². The van der Waals surface area contributed by atoms with Gasteiger partial charge in [-0.3, -0.25) is 4.90 Å². The highest BCUT2D eigenvalue weighted by molar-refractivity contribution is 5.85. The van der Waals surface area contributed by atoms with Crippen LogP contribution in [0, 0.1) is 0 Å². The van der Waals surface area contributed by atoms with E-state index in [1.807, 2.05) is 0 Å². The number of rotatable bonds is 4. The molecule has 0 aromatic heterocycles. The van der Waals surface area contributed by atoms with Crippen molar-refractivity contribution in [3.63, 3.8) is 0 Å². The van der Waals surface area contributed by atoms with Gasteiger partial charge >= 0.3 is 0 Å². The fourth-order valence-corrected chi connectivity index (χ4v) is 2.69. The summed E-state index contributed by atoms with van der Waals surface area (Å²) in [6, 6.07) is 6.75. The third-order valence-corrected chi connectivity index (χ3v) is 3.73. The molecule has 4 heteroatoms. The molecule has 19 heavy (non-hydrogen) atoms. The van der Waals surface area contributed by atoms with Gasteiger partial charge in [0.1, 0.15) is 5.75 Å². The zero-order valence-electron chi connectivity index (χ0n) is 11.9. The molecule has 0 aliphatic carbocycles. The highest BCUT2D eigenvalue weighted by Gasteiger charge is 2.17. The van der Waals surface area contributed by atoms with E-state index in [2.05, 4.69) is 30.0 Å². The fourth-order valence-electron chi connectivity index (χ4n) is 2.69. The van der Waals surface area contributed by atoms with Gasteiger partial charge in [-0.25, -0.2) is 0 Å². The number of hydrogen-bond acceptors (Lipinski definition) is 3. The summed E-state index contributed by atoms with van der Waals surface area (Å²) < 4.78 is 5.29. The van der Waals surface area contributed by atoms with Gasteiger partial charge in [-0.2, -0.15) is 0 Å². The molecule has 2 N–H and O–H groups in total. The van der Waals surface area contributed by atoms with Gasteiger partial charge in [-0.05, 0) is 49.1 Å². The maximum atomic E-state index is 6.03. The maximum absolute atomic E-state index is 6.03. The SMILES string of the molecule is CCc1cc(OC)ccc1CN1CCC[C@@H](N)C1.Cl. The first-order chi connectivity index (χ1) is 8.72. The summed E-state index contributed by atoms with van der Waals surface area (Å²) in [5.74, 6) is 0.950. The molecule has 0 radical (unpaired) electrons. The van der Waals surface area contributed by atoms with Crippen molar-refractivity contribution in [1.82, 2.24) is 4.90 Å². The highest BCUT2D eigenvalue weighted by atomic mass is 35.5. The molecule has 1 aromatic carbocycles. The molecule has 1 fully saturated rings. The molecule has 1 aliphatic rings. The van der Waals surface area contributed by atoms with E-state index in [9.17, 15) is 0 Å². The lowest BCUT2D eigenvalue weighted by Gasteiger charge is -2.31. The van der Waals surface area contributed by atoms with Crippen LogP contribution in [-0.2, 0) is 13.0 Å². The first-order valence-electron chi connectivity index (χ1n) is 6.86. The number of likely N-dealkylation sites (tertiary alicyclic amines) is 1. The van der Waals surface area contributed by atoms with Crippen LogP contribution in [-0.4, -0.2) is 31.1 Å². The Morgan fingerprint density at radius 3 is 2.79 bits per heavy atom. The Hall–Kier alpha value is -0.770. The number of methoxy groups -OCH3 is 1. The van der Waals surface area contributed by atoms with Crippen LogP contribution in [0.5, 0.6) is 5.75 Å². The summed E-state index contributed by atoms with van der Waals surface area (Å²) in [6.45, 7) is 5.40. The lowest BCUT2D eigenvalue weighted by atomic mass is 10.0.